The molecule has 136 valence electrons. The predicted molar refractivity (Wildman–Crippen MR) is 99.5 cm³/mol. The van der Waals surface area contributed by atoms with Crippen LogP contribution in [0.25, 0.3) is 21.8 Å². The fraction of sp³-hybridized carbons (Fsp3) is 0.100. The van der Waals surface area contributed by atoms with Gasteiger partial charge in [-0.25, -0.2) is 9.78 Å². The number of hydrogen-bond donors (Lipinski definition) is 2. The zero-order chi connectivity index (χ0) is 18.8. The number of hydrogen-bond acceptors (Lipinski definition) is 5. The Balaban J connectivity index is 1.88. The molecule has 0 bridgehead atoms. The van der Waals surface area contributed by atoms with E-state index in [9.17, 15) is 4.79 Å². The number of benzene rings is 2. The Labute approximate surface area is 154 Å². The maximum absolute atomic E-state index is 11.0. The van der Waals surface area contributed by atoms with Gasteiger partial charge in [-0.3, -0.25) is 0 Å². The van der Waals surface area contributed by atoms with Gasteiger partial charge in [0.05, 0.1) is 23.9 Å². The molecule has 27 heavy (non-hydrogen) atoms. The number of para-hydroxylation sites is 1. The normalized spacial score (nSPS) is 11.0. The van der Waals surface area contributed by atoms with Gasteiger partial charge >= 0.3 is 6.16 Å². The molecule has 4 rings (SSSR count). The van der Waals surface area contributed by atoms with Gasteiger partial charge in [-0.1, -0.05) is 18.2 Å². The molecule has 4 aromatic rings. The highest BCUT2D eigenvalue weighted by Crippen LogP contribution is 2.35. The highest BCUT2D eigenvalue weighted by molar-refractivity contribution is 6.09. The first-order valence-corrected chi connectivity index (χ1v) is 8.21. The molecule has 0 atom stereocenters. The predicted octanol–water partition coefficient (Wildman–Crippen LogP) is 4.71. The van der Waals surface area contributed by atoms with E-state index in [-0.39, 0.29) is 12.5 Å². The number of rotatable bonds is 5. The lowest BCUT2D eigenvalue weighted by atomic mass is 10.1. The average molecular weight is 364 g/mol. The van der Waals surface area contributed by atoms with E-state index in [1.165, 1.54) is 7.11 Å². The number of methoxy groups -OCH3 is 1. The molecule has 0 unspecified atom stereocenters. The minimum Gasteiger partial charge on any atom is -0.457 e. The number of aromatic amines is 1. The van der Waals surface area contributed by atoms with Gasteiger partial charge in [0.1, 0.15) is 11.5 Å². The maximum Gasteiger partial charge on any atom is 0.512 e. The molecule has 0 aliphatic carbocycles. The molecule has 0 saturated carbocycles. The number of carboxylic acid groups (broad SMARTS) is 1. The van der Waals surface area contributed by atoms with Crippen molar-refractivity contribution in [3.63, 3.8) is 0 Å². The van der Waals surface area contributed by atoms with Crippen LogP contribution in [0.2, 0.25) is 0 Å². The van der Waals surface area contributed by atoms with Crippen molar-refractivity contribution in [1.29, 1.82) is 0 Å². The molecule has 2 aromatic carbocycles. The third-order valence-electron chi connectivity index (χ3n) is 4.12. The summed E-state index contributed by atoms with van der Waals surface area (Å²) in [7, 11) is 1.53. The molecule has 0 aliphatic rings. The molecule has 7 nitrogen and oxygen atoms in total. The lowest BCUT2D eigenvalue weighted by Gasteiger charge is -2.09. The van der Waals surface area contributed by atoms with Crippen LogP contribution in [-0.2, 0) is 11.3 Å². The number of H-pyrrole nitrogens is 1. The van der Waals surface area contributed by atoms with Crippen LogP contribution in [0.15, 0.2) is 54.7 Å². The van der Waals surface area contributed by atoms with Gasteiger partial charge in [0, 0.05) is 23.4 Å². The van der Waals surface area contributed by atoms with Crippen LogP contribution in [0.4, 0.5) is 4.79 Å². The third kappa shape index (κ3) is 3.28. The summed E-state index contributed by atoms with van der Waals surface area (Å²) in [6, 6.07) is 15.1. The van der Waals surface area contributed by atoms with Gasteiger partial charge in [0.15, 0.2) is 0 Å². The standard InChI is InChI=1S/C20H16N2O5/c1-25-11-15-18-14-9-13(26-12-5-3-2-4-6-12)7-8-16(14)22-17(18)10-21-19(15)27-20(23)24/h2-10,22H,11H2,1H3,(H,23,24). The van der Waals surface area contributed by atoms with Crippen LogP contribution >= 0.6 is 0 Å². The van der Waals surface area contributed by atoms with E-state index in [4.69, 9.17) is 19.3 Å². The van der Waals surface area contributed by atoms with Crippen molar-refractivity contribution in [2.24, 2.45) is 0 Å². The summed E-state index contributed by atoms with van der Waals surface area (Å²) >= 11 is 0. The number of carbonyl (C=O) groups is 1. The fourth-order valence-electron chi connectivity index (χ4n) is 3.06. The number of fused-ring (bicyclic) bond motifs is 3. The summed E-state index contributed by atoms with van der Waals surface area (Å²) in [6.45, 7) is 0.156. The van der Waals surface area contributed by atoms with E-state index >= 15 is 0 Å². The summed E-state index contributed by atoms with van der Waals surface area (Å²) < 4.78 is 16.0. The van der Waals surface area contributed by atoms with Gasteiger partial charge in [-0.05, 0) is 30.3 Å². The minimum absolute atomic E-state index is 0.00660. The van der Waals surface area contributed by atoms with Crippen molar-refractivity contribution < 1.29 is 24.1 Å². The summed E-state index contributed by atoms with van der Waals surface area (Å²) in [5.74, 6) is 1.40. The number of aromatic nitrogens is 2. The van der Waals surface area contributed by atoms with Crippen molar-refractivity contribution in [3.8, 4) is 17.4 Å². The number of nitrogens with one attached hydrogen (secondary N) is 1. The second-order valence-corrected chi connectivity index (χ2v) is 5.88. The summed E-state index contributed by atoms with van der Waals surface area (Å²) in [5, 5.41) is 10.6. The Morgan fingerprint density at radius 2 is 1.93 bits per heavy atom. The Bertz CT molecular complexity index is 1120. The molecule has 0 amide bonds. The fourth-order valence-corrected chi connectivity index (χ4v) is 3.06. The maximum atomic E-state index is 11.0. The van der Waals surface area contributed by atoms with E-state index in [2.05, 4.69) is 9.97 Å². The molecule has 2 heterocycles. The van der Waals surface area contributed by atoms with E-state index in [1.54, 1.807) is 6.20 Å². The lowest BCUT2D eigenvalue weighted by molar-refractivity contribution is 0.139. The van der Waals surface area contributed by atoms with E-state index in [0.29, 0.717) is 11.3 Å². The average Bonchev–Trinajstić information content (AvgIpc) is 3.02. The third-order valence-corrected chi connectivity index (χ3v) is 4.12. The molecule has 0 radical (unpaired) electrons. The number of pyridine rings is 1. The monoisotopic (exact) mass is 364 g/mol. The highest BCUT2D eigenvalue weighted by atomic mass is 16.7. The minimum atomic E-state index is -1.42. The Hall–Kier alpha value is -3.58. The first-order valence-electron chi connectivity index (χ1n) is 8.21. The summed E-state index contributed by atoms with van der Waals surface area (Å²) in [4.78, 5) is 18.4. The number of nitrogens with zero attached hydrogens (tertiary/aromatic N) is 1. The molecule has 0 spiro atoms. The Morgan fingerprint density at radius 3 is 2.67 bits per heavy atom. The largest absolute Gasteiger partial charge is 0.512 e. The zero-order valence-corrected chi connectivity index (χ0v) is 14.4. The van der Waals surface area contributed by atoms with Gasteiger partial charge in [-0.15, -0.1) is 0 Å². The van der Waals surface area contributed by atoms with Crippen LogP contribution in [0.5, 0.6) is 17.4 Å². The summed E-state index contributed by atoms with van der Waals surface area (Å²) in [6.07, 6.45) is 0.122. The zero-order valence-electron chi connectivity index (χ0n) is 14.4. The summed E-state index contributed by atoms with van der Waals surface area (Å²) in [5.41, 5.74) is 2.18. The molecule has 0 saturated heterocycles. The smallest absolute Gasteiger partial charge is 0.457 e. The van der Waals surface area contributed by atoms with Crippen molar-refractivity contribution in [3.05, 3.63) is 60.3 Å². The molecule has 0 aliphatic heterocycles. The number of ether oxygens (including phenoxy) is 3. The van der Waals surface area contributed by atoms with E-state index in [0.717, 1.165) is 27.6 Å². The first kappa shape index (κ1) is 16.9. The Morgan fingerprint density at radius 1 is 1.11 bits per heavy atom. The SMILES string of the molecule is COCc1c(OC(=O)O)ncc2[nH]c3ccc(Oc4ccccc4)cc3c12. The molecule has 2 aromatic heterocycles. The van der Waals surface area contributed by atoms with Gasteiger partial charge < -0.3 is 24.3 Å². The van der Waals surface area contributed by atoms with Gasteiger partial charge in [-0.2, -0.15) is 0 Å². The van der Waals surface area contributed by atoms with E-state index in [1.807, 2.05) is 48.5 Å². The van der Waals surface area contributed by atoms with Crippen molar-refractivity contribution >= 4 is 28.0 Å². The second-order valence-electron chi connectivity index (χ2n) is 5.88. The van der Waals surface area contributed by atoms with Crippen LogP contribution < -0.4 is 9.47 Å². The quantitative estimate of drug-likeness (QED) is 0.498. The van der Waals surface area contributed by atoms with Crippen LogP contribution in [0.3, 0.4) is 0 Å². The van der Waals surface area contributed by atoms with Crippen molar-refractivity contribution in [2.75, 3.05) is 7.11 Å². The first-order chi connectivity index (χ1) is 13.2. The molecule has 0 fully saturated rings. The van der Waals surface area contributed by atoms with Crippen molar-refractivity contribution in [1.82, 2.24) is 9.97 Å². The topological polar surface area (TPSA) is 93.7 Å². The van der Waals surface area contributed by atoms with Crippen LogP contribution in [-0.4, -0.2) is 28.3 Å². The molecular weight excluding hydrogens is 348 g/mol. The van der Waals surface area contributed by atoms with E-state index < -0.39 is 6.16 Å². The van der Waals surface area contributed by atoms with Crippen LogP contribution in [0.1, 0.15) is 5.56 Å². The second kappa shape index (κ2) is 6.97. The molecule has 7 heteroatoms. The molecular formula is C20H16N2O5. The van der Waals surface area contributed by atoms with Crippen molar-refractivity contribution in [2.45, 2.75) is 6.61 Å². The van der Waals surface area contributed by atoms with Gasteiger partial charge in [0.25, 0.3) is 0 Å². The lowest BCUT2D eigenvalue weighted by Crippen LogP contribution is -2.07. The van der Waals surface area contributed by atoms with Gasteiger partial charge in [0.2, 0.25) is 5.88 Å². The Kier molecular flexibility index (Phi) is 4.35. The highest BCUT2D eigenvalue weighted by Gasteiger charge is 2.18. The van der Waals surface area contributed by atoms with Crippen LogP contribution in [0, 0.1) is 0 Å². The molecule has 2 N–H and O–H groups in total.